The number of benzene rings is 2. The van der Waals surface area contributed by atoms with Gasteiger partial charge in [-0.2, -0.15) is 0 Å². The molecule has 0 atom stereocenters. The van der Waals surface area contributed by atoms with Crippen molar-refractivity contribution >= 4 is 28.4 Å². The summed E-state index contributed by atoms with van der Waals surface area (Å²) >= 11 is 0. The van der Waals surface area contributed by atoms with Crippen LogP contribution in [0.15, 0.2) is 24.3 Å². The van der Waals surface area contributed by atoms with Gasteiger partial charge in [-0.25, -0.2) is 0 Å². The molecule has 0 aromatic heterocycles. The van der Waals surface area contributed by atoms with E-state index in [0.29, 0.717) is 5.56 Å². The molecule has 2 aromatic rings. The van der Waals surface area contributed by atoms with E-state index in [1.807, 2.05) is 61.3 Å². The molecule has 0 amide bonds. The van der Waals surface area contributed by atoms with E-state index >= 15 is 0 Å². The summed E-state index contributed by atoms with van der Waals surface area (Å²) in [6, 6.07) is 7.69. The van der Waals surface area contributed by atoms with Crippen LogP contribution in [0.4, 0.5) is 28.4 Å². The van der Waals surface area contributed by atoms with Crippen LogP contribution in [0.5, 0.6) is 11.5 Å². The fourth-order valence-corrected chi connectivity index (χ4v) is 3.88. The van der Waals surface area contributed by atoms with Gasteiger partial charge in [-0.15, -0.1) is 0 Å². The maximum absolute atomic E-state index is 10.7. The number of anilines is 5. The smallest absolute Gasteiger partial charge is 0.135 e. The van der Waals surface area contributed by atoms with E-state index in [4.69, 9.17) is 0 Å². The zero-order valence-corrected chi connectivity index (χ0v) is 18.0. The Morgan fingerprint density at radius 2 is 1.07 bits per heavy atom. The van der Waals surface area contributed by atoms with E-state index in [2.05, 4.69) is 31.7 Å². The Hall–Kier alpha value is -2.96. The lowest BCUT2D eigenvalue weighted by molar-refractivity contribution is 0.427. The van der Waals surface area contributed by atoms with E-state index in [1.54, 1.807) is 12.1 Å². The van der Waals surface area contributed by atoms with Gasteiger partial charge in [0.15, 0.2) is 0 Å². The average molecular weight is 386 g/mol. The van der Waals surface area contributed by atoms with Crippen LogP contribution in [0.1, 0.15) is 11.7 Å². The molecular formula is C21H31N5O2. The lowest BCUT2D eigenvalue weighted by Crippen LogP contribution is -2.30. The zero-order valence-electron chi connectivity index (χ0n) is 18.0. The summed E-state index contributed by atoms with van der Waals surface area (Å²) in [6.45, 7) is 0. The molecule has 3 rings (SSSR count). The van der Waals surface area contributed by atoms with Crippen LogP contribution in [-0.2, 0) is 0 Å². The molecule has 1 aliphatic heterocycles. The molecule has 0 fully saturated rings. The van der Waals surface area contributed by atoms with Crippen LogP contribution >= 0.6 is 0 Å². The quantitative estimate of drug-likeness (QED) is 0.839. The molecular weight excluding hydrogens is 354 g/mol. The Labute approximate surface area is 167 Å². The first-order chi connectivity index (χ1) is 13.0. The molecule has 7 nitrogen and oxygen atoms in total. The van der Waals surface area contributed by atoms with Crippen molar-refractivity contribution in [1.82, 2.24) is 0 Å². The maximum atomic E-state index is 10.7. The maximum Gasteiger partial charge on any atom is 0.135 e. The van der Waals surface area contributed by atoms with Gasteiger partial charge in [0.25, 0.3) is 0 Å². The summed E-state index contributed by atoms with van der Waals surface area (Å²) in [5.74, 6) is 0.168. The summed E-state index contributed by atoms with van der Waals surface area (Å²) in [7, 11) is 15.9. The predicted molar refractivity (Wildman–Crippen MR) is 119 cm³/mol. The Balaban J connectivity index is 2.14. The lowest BCUT2D eigenvalue weighted by atomic mass is 10.1. The highest BCUT2D eigenvalue weighted by atomic mass is 16.3. The van der Waals surface area contributed by atoms with E-state index in [1.165, 1.54) is 0 Å². The van der Waals surface area contributed by atoms with Crippen LogP contribution < -0.4 is 24.5 Å². The van der Waals surface area contributed by atoms with Gasteiger partial charge >= 0.3 is 0 Å². The van der Waals surface area contributed by atoms with Crippen molar-refractivity contribution in [2.45, 2.75) is 6.17 Å². The fourth-order valence-electron chi connectivity index (χ4n) is 3.88. The van der Waals surface area contributed by atoms with Crippen molar-refractivity contribution in [1.29, 1.82) is 0 Å². The van der Waals surface area contributed by atoms with Crippen LogP contribution in [-0.4, -0.2) is 66.6 Å². The minimum absolute atomic E-state index is 0.0841. The Morgan fingerprint density at radius 1 is 0.679 bits per heavy atom. The SMILES string of the molecule is CN(C)c1cc(O)c(C2N(C)c3cc(N(C)C)c(N(C)C)cc3N2C)c(O)c1. The number of phenols is 2. The second-order valence-corrected chi connectivity index (χ2v) is 8.01. The number of hydrogen-bond donors (Lipinski definition) is 2. The molecule has 2 aromatic carbocycles. The Bertz CT molecular complexity index is 831. The normalized spacial score (nSPS) is 13.7. The highest BCUT2D eigenvalue weighted by Gasteiger charge is 2.37. The number of hydrogen-bond acceptors (Lipinski definition) is 7. The molecule has 0 saturated heterocycles. The van der Waals surface area contributed by atoms with Gasteiger partial charge < -0.3 is 34.7 Å². The minimum atomic E-state index is -0.307. The minimum Gasteiger partial charge on any atom is -0.507 e. The zero-order chi connectivity index (χ0) is 20.9. The molecule has 0 aliphatic carbocycles. The summed E-state index contributed by atoms with van der Waals surface area (Å²) in [5.41, 5.74) is 5.59. The van der Waals surface area contributed by atoms with Gasteiger partial charge in [0.1, 0.15) is 17.7 Å². The van der Waals surface area contributed by atoms with Gasteiger partial charge in [0, 0.05) is 74.2 Å². The number of nitrogens with zero attached hydrogens (tertiary/aromatic N) is 5. The topological polar surface area (TPSA) is 56.7 Å². The second kappa shape index (κ2) is 6.89. The van der Waals surface area contributed by atoms with E-state index < -0.39 is 0 Å². The molecule has 7 heteroatoms. The monoisotopic (exact) mass is 385 g/mol. The van der Waals surface area contributed by atoms with Crippen molar-refractivity contribution in [3.05, 3.63) is 29.8 Å². The second-order valence-electron chi connectivity index (χ2n) is 8.01. The largest absolute Gasteiger partial charge is 0.507 e. The van der Waals surface area contributed by atoms with Crippen molar-refractivity contribution < 1.29 is 10.2 Å². The van der Waals surface area contributed by atoms with E-state index in [0.717, 1.165) is 28.4 Å². The van der Waals surface area contributed by atoms with Crippen molar-refractivity contribution in [3.63, 3.8) is 0 Å². The highest BCUT2D eigenvalue weighted by molar-refractivity contribution is 5.89. The molecule has 0 radical (unpaired) electrons. The van der Waals surface area contributed by atoms with E-state index in [-0.39, 0.29) is 17.7 Å². The predicted octanol–water partition coefficient (Wildman–Crippen LogP) is 2.88. The van der Waals surface area contributed by atoms with Gasteiger partial charge in [-0.1, -0.05) is 0 Å². The van der Waals surface area contributed by atoms with Crippen LogP contribution in [0.25, 0.3) is 0 Å². The molecule has 0 bridgehead atoms. The van der Waals surface area contributed by atoms with Gasteiger partial charge in [-0.05, 0) is 12.1 Å². The standard InChI is InChI=1S/C21H31N5O2/c1-22(2)13-9-18(27)20(19(28)10-13)21-25(7)16-11-14(23(3)4)15(24(5)6)12-17(16)26(21)8/h9-12,21,27-28H,1-8H3. The van der Waals surface area contributed by atoms with Crippen LogP contribution in [0.2, 0.25) is 0 Å². The molecule has 28 heavy (non-hydrogen) atoms. The van der Waals surface area contributed by atoms with Gasteiger partial charge in [-0.3, -0.25) is 0 Å². The molecule has 1 heterocycles. The van der Waals surface area contributed by atoms with Crippen LogP contribution in [0.3, 0.4) is 0 Å². The molecule has 0 saturated carbocycles. The fraction of sp³-hybridized carbons (Fsp3) is 0.429. The van der Waals surface area contributed by atoms with Crippen molar-refractivity contribution in [2.75, 3.05) is 80.9 Å². The highest BCUT2D eigenvalue weighted by Crippen LogP contribution is 2.52. The number of phenolic OH excluding ortho intramolecular Hbond substituents is 2. The van der Waals surface area contributed by atoms with Crippen molar-refractivity contribution in [2.24, 2.45) is 0 Å². The summed E-state index contributed by atoms with van der Waals surface area (Å²) in [6.07, 6.45) is -0.307. The van der Waals surface area contributed by atoms with Gasteiger partial charge in [0.05, 0.1) is 28.3 Å². The Morgan fingerprint density at radius 3 is 1.39 bits per heavy atom. The Kier molecular flexibility index (Phi) is 4.87. The average Bonchev–Trinajstić information content (AvgIpc) is 2.84. The number of fused-ring (bicyclic) bond motifs is 1. The molecule has 0 unspecified atom stereocenters. The summed E-state index contributed by atoms with van der Waals surface area (Å²) < 4.78 is 0. The number of rotatable bonds is 4. The molecule has 152 valence electrons. The third-order valence-electron chi connectivity index (χ3n) is 5.42. The number of aromatic hydroxyl groups is 2. The summed E-state index contributed by atoms with van der Waals surface area (Å²) in [5, 5.41) is 21.5. The van der Waals surface area contributed by atoms with Gasteiger partial charge in [0.2, 0.25) is 0 Å². The first-order valence-electron chi connectivity index (χ1n) is 9.26. The molecule has 2 N–H and O–H groups in total. The summed E-state index contributed by atoms with van der Waals surface area (Å²) in [4.78, 5) is 10.2. The molecule has 1 aliphatic rings. The van der Waals surface area contributed by atoms with Crippen molar-refractivity contribution in [3.8, 4) is 11.5 Å². The lowest BCUT2D eigenvalue weighted by Gasteiger charge is -2.30. The first-order valence-corrected chi connectivity index (χ1v) is 9.26. The van der Waals surface area contributed by atoms with E-state index in [9.17, 15) is 10.2 Å². The van der Waals surface area contributed by atoms with Crippen LogP contribution in [0, 0.1) is 0 Å². The molecule has 0 spiro atoms. The first kappa shape index (κ1) is 19.8. The third-order valence-corrected chi connectivity index (χ3v) is 5.42. The third kappa shape index (κ3) is 3.00.